The highest BCUT2D eigenvalue weighted by molar-refractivity contribution is 6.07. The van der Waals surface area contributed by atoms with Crippen molar-refractivity contribution in [2.75, 3.05) is 14.2 Å². The van der Waals surface area contributed by atoms with Crippen LogP contribution in [0.4, 0.5) is 0 Å². The van der Waals surface area contributed by atoms with Gasteiger partial charge in [-0.1, -0.05) is 42.5 Å². The smallest absolute Gasteiger partial charge is 0.252 e. The van der Waals surface area contributed by atoms with Gasteiger partial charge in [0.2, 0.25) is 0 Å². The summed E-state index contributed by atoms with van der Waals surface area (Å²) in [5, 5.41) is 3.83. The Kier molecular flexibility index (Phi) is 5.61. The van der Waals surface area contributed by atoms with E-state index in [4.69, 9.17) is 14.5 Å². The fourth-order valence-corrected chi connectivity index (χ4v) is 3.31. The lowest BCUT2D eigenvalue weighted by Crippen LogP contribution is -2.23. The van der Waals surface area contributed by atoms with E-state index in [2.05, 4.69) is 5.32 Å². The van der Waals surface area contributed by atoms with Crippen LogP contribution < -0.4 is 14.8 Å². The summed E-state index contributed by atoms with van der Waals surface area (Å²) in [5.41, 5.74) is 3.97. The fraction of sp³-hybridized carbons (Fsp3) is 0.120. The van der Waals surface area contributed by atoms with Crippen LogP contribution in [0.2, 0.25) is 0 Å². The number of aromatic nitrogens is 1. The number of methoxy groups -OCH3 is 2. The standard InChI is InChI=1S/C25H22N2O3/c1-29-19-12-10-17(11-13-19)16-26-25(28)22-15-24(18-6-5-7-20(14-18)30-2)27-23-9-4-3-8-21(22)23/h3-15H,16H2,1-2H3,(H,26,28). The van der Waals surface area contributed by atoms with E-state index in [1.54, 1.807) is 14.2 Å². The summed E-state index contributed by atoms with van der Waals surface area (Å²) in [6.45, 7) is 0.425. The Hall–Kier alpha value is -3.86. The lowest BCUT2D eigenvalue weighted by Gasteiger charge is -2.11. The third-order valence-electron chi connectivity index (χ3n) is 4.94. The van der Waals surface area contributed by atoms with Gasteiger partial charge in [-0.05, 0) is 42.0 Å². The molecule has 0 radical (unpaired) electrons. The molecule has 0 aliphatic rings. The third kappa shape index (κ3) is 4.10. The molecule has 0 saturated carbocycles. The van der Waals surface area contributed by atoms with Crippen molar-refractivity contribution in [3.63, 3.8) is 0 Å². The number of pyridine rings is 1. The minimum absolute atomic E-state index is 0.145. The molecule has 1 amide bonds. The number of carbonyl (C=O) groups excluding carboxylic acids is 1. The van der Waals surface area contributed by atoms with Crippen LogP contribution in [0.3, 0.4) is 0 Å². The van der Waals surface area contributed by atoms with Crippen LogP contribution in [0, 0.1) is 0 Å². The summed E-state index contributed by atoms with van der Waals surface area (Å²) >= 11 is 0. The topological polar surface area (TPSA) is 60.5 Å². The first kappa shape index (κ1) is 19.5. The molecular weight excluding hydrogens is 376 g/mol. The van der Waals surface area contributed by atoms with Gasteiger partial charge in [0.15, 0.2) is 0 Å². The van der Waals surface area contributed by atoms with Gasteiger partial charge in [-0.25, -0.2) is 4.98 Å². The van der Waals surface area contributed by atoms with Gasteiger partial charge < -0.3 is 14.8 Å². The maximum Gasteiger partial charge on any atom is 0.252 e. The molecule has 0 unspecified atom stereocenters. The van der Waals surface area contributed by atoms with Crippen molar-refractivity contribution in [1.82, 2.24) is 10.3 Å². The van der Waals surface area contributed by atoms with Crippen LogP contribution >= 0.6 is 0 Å². The van der Waals surface area contributed by atoms with Gasteiger partial charge in [0.25, 0.3) is 5.91 Å². The van der Waals surface area contributed by atoms with Gasteiger partial charge in [0, 0.05) is 17.5 Å². The van der Waals surface area contributed by atoms with Gasteiger partial charge in [-0.15, -0.1) is 0 Å². The molecule has 0 saturated heterocycles. The summed E-state index contributed by atoms with van der Waals surface area (Å²) < 4.78 is 10.5. The van der Waals surface area contributed by atoms with Crippen LogP contribution in [0.5, 0.6) is 11.5 Å². The van der Waals surface area contributed by atoms with Crippen molar-refractivity contribution in [2.45, 2.75) is 6.54 Å². The second kappa shape index (κ2) is 8.66. The first-order valence-electron chi connectivity index (χ1n) is 9.63. The van der Waals surface area contributed by atoms with Crippen molar-refractivity contribution in [3.05, 3.63) is 90.0 Å². The zero-order valence-electron chi connectivity index (χ0n) is 16.9. The molecule has 0 bridgehead atoms. The van der Waals surface area contributed by atoms with E-state index in [1.807, 2.05) is 78.9 Å². The van der Waals surface area contributed by atoms with Gasteiger partial charge in [0.05, 0.1) is 31.0 Å². The highest BCUT2D eigenvalue weighted by atomic mass is 16.5. The number of hydrogen-bond donors (Lipinski definition) is 1. The SMILES string of the molecule is COc1ccc(CNC(=O)c2cc(-c3cccc(OC)c3)nc3ccccc23)cc1. The van der Waals surface area contributed by atoms with Crippen molar-refractivity contribution in [2.24, 2.45) is 0 Å². The molecule has 0 spiro atoms. The average molecular weight is 398 g/mol. The average Bonchev–Trinajstić information content (AvgIpc) is 2.82. The Balaban J connectivity index is 1.66. The summed E-state index contributed by atoms with van der Waals surface area (Å²) in [7, 11) is 3.26. The monoisotopic (exact) mass is 398 g/mol. The Morgan fingerprint density at radius 2 is 1.63 bits per heavy atom. The lowest BCUT2D eigenvalue weighted by molar-refractivity contribution is 0.0952. The van der Waals surface area contributed by atoms with Crippen molar-refractivity contribution in [1.29, 1.82) is 0 Å². The number of nitrogens with zero attached hydrogens (tertiary/aromatic N) is 1. The molecule has 5 heteroatoms. The quantitative estimate of drug-likeness (QED) is 0.504. The number of ether oxygens (including phenoxy) is 2. The molecule has 1 aromatic heterocycles. The molecule has 4 rings (SSSR count). The fourth-order valence-electron chi connectivity index (χ4n) is 3.31. The molecule has 0 fully saturated rings. The zero-order chi connectivity index (χ0) is 20.9. The van der Waals surface area contributed by atoms with Gasteiger partial charge in [-0.3, -0.25) is 4.79 Å². The maximum atomic E-state index is 13.1. The van der Waals surface area contributed by atoms with E-state index in [-0.39, 0.29) is 5.91 Å². The Labute approximate surface area is 175 Å². The Morgan fingerprint density at radius 3 is 2.40 bits per heavy atom. The predicted octanol–water partition coefficient (Wildman–Crippen LogP) is 4.85. The lowest BCUT2D eigenvalue weighted by atomic mass is 10.0. The van der Waals surface area contributed by atoms with Crippen LogP contribution in [0.15, 0.2) is 78.9 Å². The summed E-state index contributed by atoms with van der Waals surface area (Å²) in [6, 6.07) is 24.8. The predicted molar refractivity (Wildman–Crippen MR) is 118 cm³/mol. The van der Waals surface area contributed by atoms with Gasteiger partial charge >= 0.3 is 0 Å². The maximum absolute atomic E-state index is 13.1. The second-order valence-electron chi connectivity index (χ2n) is 6.83. The van der Waals surface area contributed by atoms with Crippen molar-refractivity contribution < 1.29 is 14.3 Å². The minimum Gasteiger partial charge on any atom is -0.497 e. The number of rotatable bonds is 6. The number of fused-ring (bicyclic) bond motifs is 1. The highest BCUT2D eigenvalue weighted by Gasteiger charge is 2.14. The van der Waals surface area contributed by atoms with Crippen LogP contribution in [0.25, 0.3) is 22.2 Å². The largest absolute Gasteiger partial charge is 0.497 e. The van der Waals surface area contributed by atoms with Crippen LogP contribution in [-0.4, -0.2) is 25.1 Å². The molecule has 4 aromatic rings. The first-order valence-corrected chi connectivity index (χ1v) is 9.63. The van der Waals surface area contributed by atoms with Gasteiger partial charge in [0.1, 0.15) is 11.5 Å². The van der Waals surface area contributed by atoms with E-state index < -0.39 is 0 Å². The molecule has 3 aromatic carbocycles. The Morgan fingerprint density at radius 1 is 0.867 bits per heavy atom. The van der Waals surface area contributed by atoms with E-state index >= 15 is 0 Å². The Bertz CT molecular complexity index is 1190. The minimum atomic E-state index is -0.145. The molecule has 0 aliphatic heterocycles. The van der Waals surface area contributed by atoms with E-state index in [0.29, 0.717) is 12.1 Å². The van der Waals surface area contributed by atoms with E-state index in [0.717, 1.165) is 39.2 Å². The van der Waals surface area contributed by atoms with E-state index in [9.17, 15) is 4.79 Å². The highest BCUT2D eigenvalue weighted by Crippen LogP contribution is 2.27. The zero-order valence-corrected chi connectivity index (χ0v) is 16.9. The van der Waals surface area contributed by atoms with Crippen molar-refractivity contribution >= 4 is 16.8 Å². The van der Waals surface area contributed by atoms with Gasteiger partial charge in [-0.2, -0.15) is 0 Å². The number of carbonyl (C=O) groups is 1. The number of nitrogens with one attached hydrogen (secondary N) is 1. The van der Waals surface area contributed by atoms with E-state index in [1.165, 1.54) is 0 Å². The molecule has 150 valence electrons. The molecule has 5 nitrogen and oxygen atoms in total. The normalized spacial score (nSPS) is 10.6. The first-order chi connectivity index (χ1) is 14.7. The number of hydrogen-bond acceptors (Lipinski definition) is 4. The number of para-hydroxylation sites is 1. The van der Waals surface area contributed by atoms with Crippen LogP contribution in [-0.2, 0) is 6.54 Å². The summed E-state index contributed by atoms with van der Waals surface area (Å²) in [5.74, 6) is 1.38. The third-order valence-corrected chi connectivity index (χ3v) is 4.94. The summed E-state index contributed by atoms with van der Waals surface area (Å²) in [4.78, 5) is 17.8. The molecule has 0 aliphatic carbocycles. The molecular formula is C25H22N2O3. The molecule has 0 atom stereocenters. The number of benzene rings is 3. The molecule has 30 heavy (non-hydrogen) atoms. The second-order valence-corrected chi connectivity index (χ2v) is 6.83. The summed E-state index contributed by atoms with van der Waals surface area (Å²) in [6.07, 6.45) is 0. The van der Waals surface area contributed by atoms with Crippen molar-refractivity contribution in [3.8, 4) is 22.8 Å². The molecule has 1 heterocycles. The molecule has 1 N–H and O–H groups in total. The van der Waals surface area contributed by atoms with Crippen LogP contribution in [0.1, 0.15) is 15.9 Å². The number of amides is 1.